The highest BCUT2D eigenvalue weighted by Gasteiger charge is 2.08. The second-order valence-corrected chi connectivity index (χ2v) is 3.90. The fourth-order valence-corrected chi connectivity index (χ4v) is 1.85. The van der Waals surface area contributed by atoms with Crippen LogP contribution < -0.4 is 10.1 Å². The van der Waals surface area contributed by atoms with Gasteiger partial charge in [-0.1, -0.05) is 0 Å². The number of anilines is 1. The lowest BCUT2D eigenvalue weighted by Gasteiger charge is -2.11. The Labute approximate surface area is 104 Å². The first-order valence-electron chi connectivity index (χ1n) is 5.70. The molecule has 1 aromatic carbocycles. The number of aromatic nitrogens is 1. The average molecular weight is 252 g/mol. The van der Waals surface area contributed by atoms with E-state index >= 15 is 0 Å². The molecule has 0 saturated carbocycles. The van der Waals surface area contributed by atoms with Gasteiger partial charge in [0.2, 0.25) is 0 Å². The Kier molecular flexibility index (Phi) is 3.60. The van der Waals surface area contributed by atoms with Crippen LogP contribution in [0, 0.1) is 6.92 Å². The molecule has 96 valence electrons. The molecule has 0 saturated heterocycles. The van der Waals surface area contributed by atoms with E-state index in [9.17, 15) is 8.78 Å². The van der Waals surface area contributed by atoms with E-state index in [2.05, 4.69) is 15.0 Å². The van der Waals surface area contributed by atoms with Crippen molar-refractivity contribution in [2.45, 2.75) is 20.5 Å². The number of ether oxygens (including phenoxy) is 1. The maximum absolute atomic E-state index is 12.2. The van der Waals surface area contributed by atoms with Crippen LogP contribution in [0.25, 0.3) is 10.9 Å². The minimum Gasteiger partial charge on any atom is -0.435 e. The zero-order valence-corrected chi connectivity index (χ0v) is 10.2. The van der Waals surface area contributed by atoms with Crippen molar-refractivity contribution in [2.24, 2.45) is 0 Å². The normalized spacial score (nSPS) is 10.9. The standard InChI is InChI=1S/C13H14F2N2O/c1-3-16-12-6-8(2)17-11-5-4-9(7-10(11)12)18-13(14)15/h4-7,13H,3H2,1-2H3,(H,16,17). The SMILES string of the molecule is CCNc1cc(C)nc2ccc(OC(F)F)cc12. The molecular formula is C13H14F2N2O. The summed E-state index contributed by atoms with van der Waals surface area (Å²) in [6.45, 7) is 1.80. The van der Waals surface area contributed by atoms with Gasteiger partial charge in [-0.05, 0) is 38.1 Å². The van der Waals surface area contributed by atoms with E-state index in [0.717, 1.165) is 28.8 Å². The zero-order chi connectivity index (χ0) is 13.1. The van der Waals surface area contributed by atoms with Gasteiger partial charge in [-0.15, -0.1) is 0 Å². The maximum Gasteiger partial charge on any atom is 0.387 e. The molecule has 0 atom stereocenters. The van der Waals surface area contributed by atoms with Crippen molar-refractivity contribution in [1.29, 1.82) is 0 Å². The van der Waals surface area contributed by atoms with Gasteiger partial charge < -0.3 is 10.1 Å². The Hall–Kier alpha value is -1.91. The third-order valence-corrected chi connectivity index (χ3v) is 2.50. The van der Waals surface area contributed by atoms with Crippen molar-refractivity contribution < 1.29 is 13.5 Å². The van der Waals surface area contributed by atoms with Crippen LogP contribution in [0.1, 0.15) is 12.6 Å². The summed E-state index contributed by atoms with van der Waals surface area (Å²) in [4.78, 5) is 4.36. The Morgan fingerprint density at radius 1 is 1.33 bits per heavy atom. The third-order valence-electron chi connectivity index (χ3n) is 2.50. The van der Waals surface area contributed by atoms with Gasteiger partial charge in [-0.3, -0.25) is 4.98 Å². The highest BCUT2D eigenvalue weighted by atomic mass is 19.3. The van der Waals surface area contributed by atoms with Crippen LogP contribution in [0.5, 0.6) is 5.75 Å². The van der Waals surface area contributed by atoms with Crippen molar-refractivity contribution in [1.82, 2.24) is 4.98 Å². The van der Waals surface area contributed by atoms with Gasteiger partial charge in [0.05, 0.1) is 5.52 Å². The van der Waals surface area contributed by atoms with E-state index in [1.54, 1.807) is 12.1 Å². The number of rotatable bonds is 4. The molecule has 2 aromatic rings. The summed E-state index contributed by atoms with van der Waals surface area (Å²) in [5.41, 5.74) is 2.51. The van der Waals surface area contributed by atoms with E-state index in [0.29, 0.717) is 0 Å². The highest BCUT2D eigenvalue weighted by molar-refractivity contribution is 5.92. The summed E-state index contributed by atoms with van der Waals surface area (Å²) in [5, 5.41) is 3.97. The average Bonchev–Trinajstić information content (AvgIpc) is 2.29. The molecule has 0 amide bonds. The summed E-state index contributed by atoms with van der Waals surface area (Å²) >= 11 is 0. The number of nitrogens with one attached hydrogen (secondary N) is 1. The fraction of sp³-hybridized carbons (Fsp3) is 0.308. The molecule has 1 aromatic heterocycles. The molecule has 1 heterocycles. The largest absolute Gasteiger partial charge is 0.435 e. The zero-order valence-electron chi connectivity index (χ0n) is 10.2. The van der Waals surface area contributed by atoms with Gasteiger partial charge in [0, 0.05) is 23.3 Å². The van der Waals surface area contributed by atoms with Crippen molar-refractivity contribution in [3.8, 4) is 5.75 Å². The Bertz CT molecular complexity index is 558. The van der Waals surface area contributed by atoms with Crippen LogP contribution in [-0.2, 0) is 0 Å². The molecule has 3 nitrogen and oxygen atoms in total. The first-order chi connectivity index (χ1) is 8.60. The van der Waals surface area contributed by atoms with Crippen LogP contribution in [0.2, 0.25) is 0 Å². The molecule has 0 aliphatic carbocycles. The van der Waals surface area contributed by atoms with Gasteiger partial charge in [0.1, 0.15) is 5.75 Å². The number of hydrogen-bond donors (Lipinski definition) is 1. The predicted octanol–water partition coefficient (Wildman–Crippen LogP) is 3.58. The number of hydrogen-bond acceptors (Lipinski definition) is 3. The van der Waals surface area contributed by atoms with E-state index in [1.165, 1.54) is 6.07 Å². The Morgan fingerprint density at radius 2 is 2.11 bits per heavy atom. The van der Waals surface area contributed by atoms with Crippen LogP contribution >= 0.6 is 0 Å². The number of alkyl halides is 2. The molecular weight excluding hydrogens is 238 g/mol. The molecule has 2 rings (SSSR count). The monoisotopic (exact) mass is 252 g/mol. The summed E-state index contributed by atoms with van der Waals surface area (Å²) in [5.74, 6) is 0.141. The van der Waals surface area contributed by atoms with Crippen LogP contribution in [0.3, 0.4) is 0 Å². The van der Waals surface area contributed by atoms with Crippen molar-refractivity contribution in [3.63, 3.8) is 0 Å². The van der Waals surface area contributed by atoms with Gasteiger partial charge in [0.15, 0.2) is 0 Å². The van der Waals surface area contributed by atoms with Crippen LogP contribution in [0.4, 0.5) is 14.5 Å². The number of benzene rings is 1. The second kappa shape index (κ2) is 5.16. The van der Waals surface area contributed by atoms with E-state index in [1.807, 2.05) is 19.9 Å². The number of nitrogens with zero attached hydrogens (tertiary/aromatic N) is 1. The molecule has 0 spiro atoms. The summed E-state index contributed by atoms with van der Waals surface area (Å²) in [6.07, 6.45) is 0. The topological polar surface area (TPSA) is 34.2 Å². The third kappa shape index (κ3) is 2.67. The van der Waals surface area contributed by atoms with Gasteiger partial charge in [-0.25, -0.2) is 0 Å². The lowest BCUT2D eigenvalue weighted by molar-refractivity contribution is -0.0497. The molecule has 18 heavy (non-hydrogen) atoms. The Balaban J connectivity index is 2.52. The van der Waals surface area contributed by atoms with E-state index in [-0.39, 0.29) is 5.75 Å². The van der Waals surface area contributed by atoms with Crippen LogP contribution in [0.15, 0.2) is 24.3 Å². The molecule has 1 N–H and O–H groups in total. The first-order valence-corrected chi connectivity index (χ1v) is 5.70. The molecule has 5 heteroatoms. The fourth-order valence-electron chi connectivity index (χ4n) is 1.85. The molecule has 0 fully saturated rings. The van der Waals surface area contributed by atoms with Gasteiger partial charge in [0.25, 0.3) is 0 Å². The molecule has 0 aliphatic heterocycles. The van der Waals surface area contributed by atoms with Gasteiger partial charge in [-0.2, -0.15) is 8.78 Å². The molecule has 0 radical (unpaired) electrons. The quantitative estimate of drug-likeness (QED) is 0.903. The molecule has 0 bridgehead atoms. The van der Waals surface area contributed by atoms with Crippen LogP contribution in [-0.4, -0.2) is 18.1 Å². The minimum absolute atomic E-state index is 0.141. The summed E-state index contributed by atoms with van der Waals surface area (Å²) in [7, 11) is 0. The highest BCUT2D eigenvalue weighted by Crippen LogP contribution is 2.27. The predicted molar refractivity (Wildman–Crippen MR) is 67.3 cm³/mol. The number of aryl methyl sites for hydroxylation is 1. The van der Waals surface area contributed by atoms with Crippen molar-refractivity contribution in [2.75, 3.05) is 11.9 Å². The Morgan fingerprint density at radius 3 is 2.78 bits per heavy atom. The lowest BCUT2D eigenvalue weighted by atomic mass is 10.1. The summed E-state index contributed by atoms with van der Waals surface area (Å²) in [6, 6.07) is 6.64. The van der Waals surface area contributed by atoms with Crippen molar-refractivity contribution >= 4 is 16.6 Å². The first kappa shape index (κ1) is 12.5. The minimum atomic E-state index is -2.82. The maximum atomic E-state index is 12.2. The summed E-state index contributed by atoms with van der Waals surface area (Å²) < 4.78 is 28.8. The molecule has 0 aliphatic rings. The van der Waals surface area contributed by atoms with Crippen molar-refractivity contribution in [3.05, 3.63) is 30.0 Å². The number of fused-ring (bicyclic) bond motifs is 1. The van der Waals surface area contributed by atoms with Gasteiger partial charge >= 0.3 is 6.61 Å². The number of pyridine rings is 1. The van der Waals surface area contributed by atoms with E-state index < -0.39 is 6.61 Å². The lowest BCUT2D eigenvalue weighted by Crippen LogP contribution is -2.03. The number of halogens is 2. The second-order valence-electron chi connectivity index (χ2n) is 3.90. The van der Waals surface area contributed by atoms with E-state index in [4.69, 9.17) is 0 Å². The molecule has 0 unspecified atom stereocenters. The smallest absolute Gasteiger partial charge is 0.387 e.